The van der Waals surface area contributed by atoms with Gasteiger partial charge in [0.15, 0.2) is 11.6 Å². The van der Waals surface area contributed by atoms with E-state index in [4.69, 9.17) is 16.3 Å². The number of esters is 1. The molecule has 3 aromatic rings. The lowest BCUT2D eigenvalue weighted by Crippen LogP contribution is -2.17. The molecule has 0 saturated carbocycles. The molecule has 0 radical (unpaired) electrons. The van der Waals surface area contributed by atoms with E-state index in [9.17, 15) is 19.1 Å². The highest BCUT2D eigenvalue weighted by atomic mass is 35.5. The molecule has 1 N–H and O–H groups in total. The molecule has 2 aromatic carbocycles. The van der Waals surface area contributed by atoms with Crippen molar-refractivity contribution in [3.63, 3.8) is 0 Å². The molecule has 0 fully saturated rings. The molecule has 0 saturated heterocycles. The van der Waals surface area contributed by atoms with E-state index in [0.717, 1.165) is 12.8 Å². The SMILES string of the molecule is CCCCOC(=O)[C@H](C)c1c(C)n(C(=O)c2cccc(Cl)c2)c2ccc(O)c(F)c12. The molecule has 0 amide bonds. The van der Waals surface area contributed by atoms with Crippen LogP contribution in [0.1, 0.15) is 54.2 Å². The van der Waals surface area contributed by atoms with E-state index in [-0.39, 0.29) is 17.5 Å². The molecule has 30 heavy (non-hydrogen) atoms. The zero-order valence-corrected chi connectivity index (χ0v) is 17.8. The number of benzene rings is 2. The maximum absolute atomic E-state index is 15.0. The second-order valence-electron chi connectivity index (χ2n) is 7.19. The fourth-order valence-corrected chi connectivity index (χ4v) is 3.77. The average molecular weight is 432 g/mol. The quantitative estimate of drug-likeness (QED) is 0.408. The molecular formula is C23H23ClFNO4. The Morgan fingerprint density at radius 2 is 2.00 bits per heavy atom. The van der Waals surface area contributed by atoms with Crippen LogP contribution in [0.3, 0.4) is 0 Å². The van der Waals surface area contributed by atoms with Gasteiger partial charge in [-0.2, -0.15) is 0 Å². The van der Waals surface area contributed by atoms with E-state index in [0.29, 0.717) is 21.8 Å². The van der Waals surface area contributed by atoms with E-state index in [1.54, 1.807) is 32.0 Å². The van der Waals surface area contributed by atoms with Crippen LogP contribution < -0.4 is 0 Å². The van der Waals surface area contributed by atoms with Crippen LogP contribution in [-0.2, 0) is 9.53 Å². The van der Waals surface area contributed by atoms with Gasteiger partial charge >= 0.3 is 5.97 Å². The van der Waals surface area contributed by atoms with Crippen LogP contribution in [0.25, 0.3) is 10.9 Å². The summed E-state index contributed by atoms with van der Waals surface area (Å²) < 4.78 is 21.6. The van der Waals surface area contributed by atoms with Crippen molar-refractivity contribution in [3.05, 3.63) is 64.1 Å². The summed E-state index contributed by atoms with van der Waals surface area (Å²) in [6.07, 6.45) is 1.60. The Bertz CT molecular complexity index is 1120. The first-order chi connectivity index (χ1) is 14.3. The van der Waals surface area contributed by atoms with Gasteiger partial charge in [-0.15, -0.1) is 0 Å². The molecule has 3 rings (SSSR count). The van der Waals surface area contributed by atoms with Gasteiger partial charge in [-0.25, -0.2) is 4.39 Å². The maximum Gasteiger partial charge on any atom is 0.313 e. The van der Waals surface area contributed by atoms with Crippen LogP contribution in [0.2, 0.25) is 5.02 Å². The Labute approximate surface area is 179 Å². The van der Waals surface area contributed by atoms with Crippen molar-refractivity contribution in [2.24, 2.45) is 0 Å². The molecule has 0 aliphatic carbocycles. The number of aromatic nitrogens is 1. The lowest BCUT2D eigenvalue weighted by Gasteiger charge is -2.13. The minimum atomic E-state index is -0.878. The summed E-state index contributed by atoms with van der Waals surface area (Å²) in [4.78, 5) is 25.8. The molecule has 0 aliphatic rings. The zero-order chi connectivity index (χ0) is 22.0. The number of carbonyl (C=O) groups is 2. The minimum Gasteiger partial charge on any atom is -0.505 e. The van der Waals surface area contributed by atoms with Crippen LogP contribution >= 0.6 is 11.6 Å². The van der Waals surface area contributed by atoms with Crippen molar-refractivity contribution in [3.8, 4) is 5.75 Å². The predicted octanol–water partition coefficient (Wildman–Crippen LogP) is 5.58. The van der Waals surface area contributed by atoms with Gasteiger partial charge in [0.1, 0.15) is 0 Å². The Balaban J connectivity index is 2.18. The van der Waals surface area contributed by atoms with Crippen molar-refractivity contribution in [1.82, 2.24) is 4.57 Å². The molecule has 5 nitrogen and oxygen atoms in total. The van der Waals surface area contributed by atoms with Crippen molar-refractivity contribution in [2.75, 3.05) is 6.61 Å². The zero-order valence-electron chi connectivity index (χ0n) is 17.0. The standard InChI is InChI=1S/C23H23ClFNO4/c1-4-5-11-30-23(29)13(2)19-14(3)26(17-9-10-18(27)21(25)20(17)19)22(28)15-7-6-8-16(24)12-15/h6-10,12-13,27H,4-5,11H2,1-3H3/t13-/m1/s1. The fraction of sp³-hybridized carbons (Fsp3) is 0.304. The second kappa shape index (κ2) is 8.88. The van der Waals surface area contributed by atoms with Crippen molar-refractivity contribution < 1.29 is 23.8 Å². The van der Waals surface area contributed by atoms with Gasteiger partial charge in [-0.05, 0) is 56.2 Å². The minimum absolute atomic E-state index is 0.0304. The van der Waals surface area contributed by atoms with E-state index >= 15 is 0 Å². The lowest BCUT2D eigenvalue weighted by molar-refractivity contribution is -0.145. The van der Waals surface area contributed by atoms with E-state index in [1.807, 2.05) is 6.92 Å². The number of unbranched alkanes of at least 4 members (excludes halogenated alkanes) is 1. The molecule has 0 bridgehead atoms. The maximum atomic E-state index is 15.0. The third-order valence-corrected chi connectivity index (χ3v) is 5.37. The molecule has 1 aromatic heterocycles. The first-order valence-electron chi connectivity index (χ1n) is 9.77. The normalized spacial score (nSPS) is 12.2. The number of nitrogens with zero attached hydrogens (tertiary/aromatic N) is 1. The summed E-state index contributed by atoms with van der Waals surface area (Å²) in [6, 6.07) is 9.08. The van der Waals surface area contributed by atoms with Crippen molar-refractivity contribution in [1.29, 1.82) is 0 Å². The largest absolute Gasteiger partial charge is 0.505 e. The molecule has 0 spiro atoms. The Kier molecular flexibility index (Phi) is 6.46. The van der Waals surface area contributed by atoms with Gasteiger partial charge in [0.05, 0.1) is 18.0 Å². The summed E-state index contributed by atoms with van der Waals surface area (Å²) in [5, 5.41) is 10.4. The number of ether oxygens (including phenoxy) is 1. The summed E-state index contributed by atoms with van der Waals surface area (Å²) in [7, 11) is 0. The third-order valence-electron chi connectivity index (χ3n) is 5.14. The average Bonchev–Trinajstić information content (AvgIpc) is 3.02. The van der Waals surface area contributed by atoms with Gasteiger partial charge in [-0.3, -0.25) is 14.2 Å². The summed E-state index contributed by atoms with van der Waals surface area (Å²) in [5.41, 5.74) is 1.30. The molecule has 0 aliphatic heterocycles. The molecule has 1 atom stereocenters. The molecule has 7 heteroatoms. The third kappa shape index (κ3) is 3.92. The van der Waals surface area contributed by atoms with E-state index in [2.05, 4.69) is 0 Å². The predicted molar refractivity (Wildman–Crippen MR) is 114 cm³/mol. The van der Waals surface area contributed by atoms with Crippen LogP contribution in [0.15, 0.2) is 36.4 Å². The first-order valence-corrected chi connectivity index (χ1v) is 10.1. The fourth-order valence-electron chi connectivity index (χ4n) is 3.58. The Hall–Kier alpha value is -2.86. The van der Waals surface area contributed by atoms with Gasteiger partial charge in [0.2, 0.25) is 0 Å². The highest BCUT2D eigenvalue weighted by molar-refractivity contribution is 6.31. The molecule has 158 valence electrons. The number of halogens is 2. The number of phenolic OH excluding ortho intramolecular Hbond substituents is 1. The Morgan fingerprint density at radius 3 is 2.67 bits per heavy atom. The van der Waals surface area contributed by atoms with Gasteiger partial charge < -0.3 is 9.84 Å². The number of phenols is 1. The summed E-state index contributed by atoms with van der Waals surface area (Å²) in [6.45, 7) is 5.50. The number of carbonyl (C=O) groups excluding carboxylic acids is 2. The molecule has 1 heterocycles. The summed E-state index contributed by atoms with van der Waals surface area (Å²) in [5.74, 6) is -3.18. The van der Waals surface area contributed by atoms with Gasteiger partial charge in [-0.1, -0.05) is 31.0 Å². The topological polar surface area (TPSA) is 68.5 Å². The van der Waals surface area contributed by atoms with Crippen LogP contribution in [0, 0.1) is 12.7 Å². The number of hydrogen-bond donors (Lipinski definition) is 1. The molecule has 0 unspecified atom stereocenters. The van der Waals surface area contributed by atoms with Crippen molar-refractivity contribution in [2.45, 2.75) is 39.5 Å². The van der Waals surface area contributed by atoms with E-state index < -0.39 is 29.4 Å². The van der Waals surface area contributed by atoms with E-state index in [1.165, 1.54) is 22.8 Å². The highest BCUT2D eigenvalue weighted by Gasteiger charge is 2.30. The molecular weight excluding hydrogens is 409 g/mol. The first kappa shape index (κ1) is 21.8. The van der Waals surface area contributed by atoms with Crippen LogP contribution in [0.5, 0.6) is 5.75 Å². The smallest absolute Gasteiger partial charge is 0.313 e. The van der Waals surface area contributed by atoms with Crippen LogP contribution in [0.4, 0.5) is 4.39 Å². The second-order valence-corrected chi connectivity index (χ2v) is 7.62. The van der Waals surface area contributed by atoms with Gasteiger partial charge in [0, 0.05) is 21.7 Å². The lowest BCUT2D eigenvalue weighted by atomic mass is 9.97. The highest BCUT2D eigenvalue weighted by Crippen LogP contribution is 2.37. The van der Waals surface area contributed by atoms with Crippen LogP contribution in [-0.4, -0.2) is 28.2 Å². The number of aromatic hydroxyl groups is 1. The van der Waals surface area contributed by atoms with Gasteiger partial charge in [0.25, 0.3) is 5.91 Å². The van der Waals surface area contributed by atoms with Crippen molar-refractivity contribution >= 4 is 34.4 Å². The number of hydrogen-bond acceptors (Lipinski definition) is 4. The monoisotopic (exact) mass is 431 g/mol. The summed E-state index contributed by atoms with van der Waals surface area (Å²) >= 11 is 6.02. The Morgan fingerprint density at radius 1 is 1.27 bits per heavy atom. The number of rotatable bonds is 6. The number of fused-ring (bicyclic) bond motifs is 1.